The maximum atomic E-state index is 15.5. The van der Waals surface area contributed by atoms with Crippen molar-refractivity contribution < 1.29 is 22.9 Å². The zero-order valence-electron chi connectivity index (χ0n) is 22.5. The van der Waals surface area contributed by atoms with Gasteiger partial charge < -0.3 is 25.1 Å². The Morgan fingerprint density at radius 2 is 1.80 bits per heavy atom. The van der Waals surface area contributed by atoms with Crippen LogP contribution in [0.2, 0.25) is 0 Å². The summed E-state index contributed by atoms with van der Waals surface area (Å²) in [7, 11) is 2.06. The van der Waals surface area contributed by atoms with Gasteiger partial charge in [0.25, 0.3) is 5.91 Å². The van der Waals surface area contributed by atoms with Gasteiger partial charge in [-0.05, 0) is 42.3 Å². The Labute approximate surface area is 231 Å². The molecule has 1 aliphatic heterocycles. The highest BCUT2D eigenvalue weighted by Gasteiger charge is 2.48. The fourth-order valence-corrected chi connectivity index (χ4v) is 7.19. The first-order chi connectivity index (χ1) is 19.0. The van der Waals surface area contributed by atoms with E-state index in [-0.39, 0.29) is 28.9 Å². The van der Waals surface area contributed by atoms with E-state index < -0.39 is 21.3 Å². The predicted octanol–water partition coefficient (Wildman–Crippen LogP) is 4.64. The van der Waals surface area contributed by atoms with Crippen LogP contribution in [0.3, 0.4) is 0 Å². The van der Waals surface area contributed by atoms with Gasteiger partial charge in [-0.25, -0.2) is 18.6 Å². The summed E-state index contributed by atoms with van der Waals surface area (Å²) >= 11 is 0. The van der Waals surface area contributed by atoms with Crippen molar-refractivity contribution in [1.29, 1.82) is 0 Å². The zero-order chi connectivity index (χ0) is 28.8. The number of carbonyl (C=O) groups is 1. The molecule has 0 atom stereocenters. The van der Waals surface area contributed by atoms with Crippen molar-refractivity contribution in [2.45, 2.75) is 12.7 Å². The van der Waals surface area contributed by atoms with Crippen molar-refractivity contribution in [1.82, 2.24) is 14.5 Å². The Balaban J connectivity index is 1.60. The number of anilines is 2. The van der Waals surface area contributed by atoms with Crippen molar-refractivity contribution in [2.75, 3.05) is 36.8 Å². The first-order valence-corrected chi connectivity index (χ1v) is 14.1. The lowest BCUT2D eigenvalue weighted by atomic mass is 9.98. The van der Waals surface area contributed by atoms with Gasteiger partial charge in [0.05, 0.1) is 32.3 Å². The molecule has 1 amide bonds. The lowest BCUT2D eigenvalue weighted by Gasteiger charge is -2.40. The van der Waals surface area contributed by atoms with Gasteiger partial charge in [0, 0.05) is 38.1 Å². The van der Waals surface area contributed by atoms with Gasteiger partial charge in [0.2, 0.25) is 0 Å². The quantitative estimate of drug-likeness (QED) is 0.247. The first-order valence-electron chi connectivity index (χ1n) is 12.3. The van der Waals surface area contributed by atoms with E-state index in [1.165, 1.54) is 32.7 Å². The van der Waals surface area contributed by atoms with Gasteiger partial charge in [-0.15, -0.1) is 0 Å². The molecular formula is C28H29FN6O4S. The predicted molar refractivity (Wildman–Crippen MR) is 154 cm³/mol. The van der Waals surface area contributed by atoms with Gasteiger partial charge in [0.15, 0.2) is 5.79 Å². The number of carbonyl (C=O) groups excluding carboxylic acids is 1. The molecule has 0 saturated carbocycles. The molecular weight excluding hydrogens is 535 g/mol. The van der Waals surface area contributed by atoms with Crippen molar-refractivity contribution in [3.8, 4) is 22.4 Å². The molecule has 2 aromatic carbocycles. The van der Waals surface area contributed by atoms with Crippen LogP contribution in [0.15, 0.2) is 65.3 Å². The molecule has 3 heterocycles. The van der Waals surface area contributed by atoms with E-state index in [1.54, 1.807) is 25.1 Å². The lowest BCUT2D eigenvalue weighted by Crippen LogP contribution is -2.57. The normalized spacial score (nSPS) is 15.4. The number of halogens is 1. The molecule has 5 rings (SSSR count). The van der Waals surface area contributed by atoms with E-state index in [0.717, 1.165) is 11.3 Å². The minimum Gasteiger partial charge on any atom is -0.383 e. The Hall–Kier alpha value is -4.13. The number of benzene rings is 2. The van der Waals surface area contributed by atoms with E-state index in [1.807, 2.05) is 23.7 Å². The Kier molecular flexibility index (Phi) is 6.94. The minimum atomic E-state index is -2.72. The molecule has 1 aliphatic rings. The third-order valence-electron chi connectivity index (χ3n) is 6.94. The maximum Gasteiger partial charge on any atom is 0.250 e. The van der Waals surface area contributed by atoms with Gasteiger partial charge in [0.1, 0.15) is 29.3 Å². The number of amides is 1. The number of nitrogens with one attached hydrogen (secondary N) is 1. The molecule has 1 fully saturated rings. The molecule has 1 saturated heterocycles. The molecule has 0 unspecified atom stereocenters. The highest BCUT2D eigenvalue weighted by atomic mass is 32.2. The maximum absolute atomic E-state index is 15.5. The summed E-state index contributed by atoms with van der Waals surface area (Å²) in [6.45, 7) is 5.29. The van der Waals surface area contributed by atoms with Crippen LogP contribution in [0.25, 0.3) is 33.4 Å². The molecule has 3 N–H and O–H groups in total. The van der Waals surface area contributed by atoms with Crippen LogP contribution < -0.4 is 11.1 Å². The summed E-state index contributed by atoms with van der Waals surface area (Å²) in [5, 5.41) is 3.35. The summed E-state index contributed by atoms with van der Waals surface area (Å²) in [6.07, 6.45) is 1.37. The lowest BCUT2D eigenvalue weighted by molar-refractivity contribution is -0.182. The summed E-state index contributed by atoms with van der Waals surface area (Å²) in [4.78, 5) is 20.6. The minimum absolute atomic E-state index is 0.0156. The number of fused-ring (bicyclic) bond motifs is 1. The number of rotatable bonds is 7. The van der Waals surface area contributed by atoms with Gasteiger partial charge in [-0.3, -0.25) is 4.79 Å². The van der Waals surface area contributed by atoms with Crippen molar-refractivity contribution in [3.63, 3.8) is 0 Å². The highest BCUT2D eigenvalue weighted by molar-refractivity contribution is 7.95. The Bertz CT molecular complexity index is 1770. The van der Waals surface area contributed by atoms with Gasteiger partial charge >= 0.3 is 0 Å². The van der Waals surface area contributed by atoms with Crippen LogP contribution in [0.4, 0.5) is 21.6 Å². The van der Waals surface area contributed by atoms with E-state index in [2.05, 4.69) is 26.2 Å². The van der Waals surface area contributed by atoms with E-state index >= 15 is 4.39 Å². The molecule has 208 valence electrons. The summed E-state index contributed by atoms with van der Waals surface area (Å²) in [5.74, 6) is -1.52. The molecule has 0 bridgehead atoms. The molecule has 12 heteroatoms. The number of methoxy groups -OCH3 is 2. The van der Waals surface area contributed by atoms with Crippen LogP contribution in [-0.4, -0.2) is 56.2 Å². The fraction of sp³-hybridized carbons (Fsp3) is 0.250. The van der Waals surface area contributed by atoms with Crippen LogP contribution in [0.1, 0.15) is 6.92 Å². The number of nitrogens with two attached hydrogens (primary N) is 1. The molecule has 0 aliphatic carbocycles. The Morgan fingerprint density at radius 3 is 2.40 bits per heavy atom. The van der Waals surface area contributed by atoms with Crippen LogP contribution >= 0.6 is 0 Å². The molecule has 10 nitrogen and oxygen atoms in total. The topological polar surface area (TPSA) is 134 Å². The summed E-state index contributed by atoms with van der Waals surface area (Å²) in [6, 6.07) is 11.8. The third kappa shape index (κ3) is 4.74. The number of ether oxygens (including phenoxy) is 2. The number of aromatic nitrogens is 3. The van der Waals surface area contributed by atoms with Crippen LogP contribution in [-0.2, 0) is 31.0 Å². The third-order valence-corrected chi connectivity index (χ3v) is 9.25. The highest BCUT2D eigenvalue weighted by Crippen LogP contribution is 2.43. The number of hydrogen-bond donors (Lipinski definition) is 2. The first kappa shape index (κ1) is 27.4. The number of nitrogens with zero attached hydrogens (tertiary/aromatic N) is 4. The van der Waals surface area contributed by atoms with Crippen LogP contribution in [0, 0.1) is 5.82 Å². The monoisotopic (exact) mass is 564 g/mol. The van der Waals surface area contributed by atoms with Crippen molar-refractivity contribution in [3.05, 3.63) is 66.8 Å². The Morgan fingerprint density at radius 1 is 1.15 bits per heavy atom. The molecule has 4 aromatic rings. The van der Waals surface area contributed by atoms with Crippen molar-refractivity contribution in [2.24, 2.45) is 11.4 Å². The SMILES string of the molecule is C=C(C)C(=O)Nc1ccc(-c2c(-c3ccc(N=S4(=O)CC(OC)(OC)C4)c(F)c3)c3c(N)ncnc3n2C)cc1. The van der Waals surface area contributed by atoms with E-state index in [0.29, 0.717) is 33.4 Å². The molecule has 40 heavy (non-hydrogen) atoms. The van der Waals surface area contributed by atoms with Crippen LogP contribution in [0.5, 0.6) is 0 Å². The average molecular weight is 565 g/mol. The van der Waals surface area contributed by atoms with Crippen molar-refractivity contribution >= 4 is 43.9 Å². The largest absolute Gasteiger partial charge is 0.383 e. The van der Waals surface area contributed by atoms with Gasteiger partial charge in [-0.1, -0.05) is 24.8 Å². The number of nitrogen functional groups attached to an aromatic ring is 1. The molecule has 0 radical (unpaired) electrons. The van der Waals surface area contributed by atoms with Gasteiger partial charge in [-0.2, -0.15) is 4.36 Å². The standard InChI is InChI=1S/C28H29FN6O4S/c1-16(2)27(36)33-19-9-6-17(7-10-19)24-22(23-25(30)31-15-32-26(23)35(24)3)18-8-11-21(20(29)12-18)34-40(37)13-28(14-40,38-4)39-5/h6-12,15H,1,13-14H2,2-5H3,(H,33,36)(H2,30,31,32). The molecule has 0 spiro atoms. The zero-order valence-corrected chi connectivity index (χ0v) is 23.3. The number of aryl methyl sites for hydroxylation is 1. The molecule has 2 aromatic heterocycles. The second-order valence-corrected chi connectivity index (χ2v) is 12.0. The fourth-order valence-electron chi connectivity index (χ4n) is 4.79. The summed E-state index contributed by atoms with van der Waals surface area (Å²) < 4.78 is 45.3. The second kappa shape index (κ2) is 10.1. The smallest absolute Gasteiger partial charge is 0.250 e. The number of hydrogen-bond acceptors (Lipinski definition) is 8. The van der Waals surface area contributed by atoms with E-state index in [4.69, 9.17) is 15.2 Å². The second-order valence-electron chi connectivity index (χ2n) is 9.69. The van der Waals surface area contributed by atoms with E-state index in [9.17, 15) is 9.00 Å². The summed E-state index contributed by atoms with van der Waals surface area (Å²) in [5.41, 5.74) is 10.5. The average Bonchev–Trinajstić information content (AvgIpc) is 3.22.